The second-order valence-corrected chi connectivity index (χ2v) is 7.21. The molecule has 1 N–H and O–H groups in total. The molecular weight excluding hydrogens is 358 g/mol. The highest BCUT2D eigenvalue weighted by Crippen LogP contribution is 2.37. The largest absolute Gasteiger partial charge is 0.325 e. The monoisotopic (exact) mass is 377 g/mol. The summed E-state index contributed by atoms with van der Waals surface area (Å²) in [4.78, 5) is 16.5. The number of rotatable bonds is 7. The first-order valence-corrected chi connectivity index (χ1v) is 9.79. The number of amides is 1. The number of thioether (sulfide) groups is 1. The summed E-state index contributed by atoms with van der Waals surface area (Å²) in [5.41, 5.74) is 2.28. The van der Waals surface area contributed by atoms with Crippen molar-refractivity contribution < 1.29 is 4.79 Å². The number of carbonyl (C=O) groups is 1. The fourth-order valence-electron chi connectivity index (χ4n) is 2.59. The molecule has 4 rings (SSSR count). The lowest BCUT2D eigenvalue weighted by atomic mass is 10.3. The molecule has 2 aromatic carbocycles. The second-order valence-electron chi connectivity index (χ2n) is 6.27. The van der Waals surface area contributed by atoms with Crippen LogP contribution in [0.25, 0.3) is 0 Å². The summed E-state index contributed by atoms with van der Waals surface area (Å²) >= 11 is 1.46. The normalized spacial score (nSPS) is 13.8. The Hall–Kier alpha value is -2.93. The molecule has 0 spiro atoms. The van der Waals surface area contributed by atoms with Gasteiger partial charge >= 0.3 is 0 Å². The summed E-state index contributed by atoms with van der Waals surface area (Å²) in [6.45, 7) is 0. The summed E-state index contributed by atoms with van der Waals surface area (Å²) in [6.07, 6.45) is 6.18. The number of nitrogens with zero attached hydrogens (tertiary/aromatic N) is 4. The van der Waals surface area contributed by atoms with E-state index in [1.807, 2.05) is 60.8 Å². The van der Waals surface area contributed by atoms with Gasteiger partial charge in [0.05, 0.1) is 17.1 Å². The third-order valence-electron chi connectivity index (χ3n) is 4.09. The van der Waals surface area contributed by atoms with Crippen molar-refractivity contribution in [3.8, 4) is 0 Å². The maximum atomic E-state index is 12.2. The van der Waals surface area contributed by atoms with E-state index >= 15 is 0 Å². The number of aromatic nitrogens is 2. The van der Waals surface area contributed by atoms with E-state index in [1.165, 1.54) is 24.6 Å². The van der Waals surface area contributed by atoms with Crippen LogP contribution in [0.15, 0.2) is 82.4 Å². The number of azo groups is 1. The van der Waals surface area contributed by atoms with Crippen LogP contribution in [-0.4, -0.2) is 21.2 Å². The molecule has 1 fully saturated rings. The van der Waals surface area contributed by atoms with Gasteiger partial charge in [-0.15, -0.1) is 0 Å². The minimum Gasteiger partial charge on any atom is -0.325 e. The van der Waals surface area contributed by atoms with Crippen molar-refractivity contribution in [3.63, 3.8) is 0 Å². The smallest absolute Gasteiger partial charge is 0.234 e. The molecular formula is C20H19N5OS. The zero-order valence-electron chi connectivity index (χ0n) is 14.7. The van der Waals surface area contributed by atoms with Crippen LogP contribution in [0.4, 0.5) is 17.1 Å². The SMILES string of the molecule is O=C(CSc1nccn1C1CC1)Nc1ccc(N=Nc2ccccc2)cc1. The highest BCUT2D eigenvalue weighted by molar-refractivity contribution is 7.99. The van der Waals surface area contributed by atoms with Gasteiger partial charge < -0.3 is 9.88 Å². The van der Waals surface area contributed by atoms with Crippen molar-refractivity contribution in [1.29, 1.82) is 0 Å². The molecule has 1 aliphatic carbocycles. The van der Waals surface area contributed by atoms with Crippen LogP contribution >= 0.6 is 11.8 Å². The molecule has 1 heterocycles. The summed E-state index contributed by atoms with van der Waals surface area (Å²) in [6, 6.07) is 17.4. The minimum atomic E-state index is -0.0518. The van der Waals surface area contributed by atoms with Crippen molar-refractivity contribution >= 4 is 34.7 Å². The van der Waals surface area contributed by atoms with Crippen molar-refractivity contribution in [2.75, 3.05) is 11.1 Å². The fraction of sp³-hybridized carbons (Fsp3) is 0.200. The predicted molar refractivity (Wildman–Crippen MR) is 107 cm³/mol. The molecule has 27 heavy (non-hydrogen) atoms. The molecule has 0 radical (unpaired) electrons. The maximum absolute atomic E-state index is 12.2. The van der Waals surface area contributed by atoms with Gasteiger partial charge in [-0.1, -0.05) is 30.0 Å². The first-order valence-electron chi connectivity index (χ1n) is 8.80. The summed E-state index contributed by atoms with van der Waals surface area (Å²) in [5.74, 6) is 0.281. The Labute approximate surface area is 161 Å². The molecule has 0 saturated heterocycles. The Balaban J connectivity index is 1.29. The number of carbonyl (C=O) groups excluding carboxylic acids is 1. The summed E-state index contributed by atoms with van der Waals surface area (Å²) in [5, 5.41) is 12.2. The van der Waals surface area contributed by atoms with E-state index < -0.39 is 0 Å². The minimum absolute atomic E-state index is 0.0518. The van der Waals surface area contributed by atoms with Crippen LogP contribution in [0.5, 0.6) is 0 Å². The lowest BCUT2D eigenvalue weighted by Crippen LogP contribution is -2.14. The zero-order chi connectivity index (χ0) is 18.5. The zero-order valence-corrected chi connectivity index (χ0v) is 15.5. The van der Waals surface area contributed by atoms with Crippen LogP contribution in [0.3, 0.4) is 0 Å². The molecule has 6 nitrogen and oxygen atoms in total. The van der Waals surface area contributed by atoms with E-state index in [2.05, 4.69) is 25.1 Å². The fourth-order valence-corrected chi connectivity index (χ4v) is 3.42. The molecule has 0 atom stereocenters. The van der Waals surface area contributed by atoms with E-state index in [4.69, 9.17) is 0 Å². The molecule has 136 valence electrons. The molecule has 1 saturated carbocycles. The Morgan fingerprint density at radius 2 is 1.78 bits per heavy atom. The van der Waals surface area contributed by atoms with Gasteiger partial charge in [0.25, 0.3) is 0 Å². The molecule has 1 amide bonds. The van der Waals surface area contributed by atoms with Crippen molar-refractivity contribution in [1.82, 2.24) is 9.55 Å². The van der Waals surface area contributed by atoms with Gasteiger partial charge in [-0.3, -0.25) is 4.79 Å². The Kier molecular flexibility index (Phi) is 5.29. The standard InChI is InChI=1S/C20H19N5OS/c26-19(14-27-20-21-12-13-25(20)18-10-11-18)22-15-6-8-17(9-7-15)24-23-16-4-2-1-3-5-16/h1-9,12-13,18H,10-11,14H2,(H,22,26). The van der Waals surface area contributed by atoms with Crippen LogP contribution in [-0.2, 0) is 4.79 Å². The van der Waals surface area contributed by atoms with E-state index in [0.717, 1.165) is 22.2 Å². The maximum Gasteiger partial charge on any atom is 0.234 e. The van der Waals surface area contributed by atoms with Gasteiger partial charge in [0.15, 0.2) is 5.16 Å². The molecule has 0 bridgehead atoms. The Morgan fingerprint density at radius 1 is 1.07 bits per heavy atom. The van der Waals surface area contributed by atoms with Gasteiger partial charge in [-0.25, -0.2) is 4.98 Å². The molecule has 0 aliphatic heterocycles. The van der Waals surface area contributed by atoms with Crippen LogP contribution in [0.2, 0.25) is 0 Å². The van der Waals surface area contributed by atoms with Crippen LogP contribution in [0, 0.1) is 0 Å². The van der Waals surface area contributed by atoms with E-state index in [-0.39, 0.29) is 5.91 Å². The highest BCUT2D eigenvalue weighted by atomic mass is 32.2. The molecule has 1 aliphatic rings. The third kappa shape index (κ3) is 4.83. The quantitative estimate of drug-likeness (QED) is 0.445. The van der Waals surface area contributed by atoms with Crippen LogP contribution < -0.4 is 5.32 Å². The molecule has 7 heteroatoms. The lowest BCUT2D eigenvalue weighted by Gasteiger charge is -2.07. The molecule has 1 aromatic heterocycles. The molecule has 3 aromatic rings. The first-order chi connectivity index (χ1) is 13.3. The number of imidazole rings is 1. The Bertz CT molecular complexity index is 933. The second kappa shape index (κ2) is 8.18. The Morgan fingerprint density at radius 3 is 2.48 bits per heavy atom. The van der Waals surface area contributed by atoms with E-state index in [0.29, 0.717) is 11.8 Å². The summed E-state index contributed by atoms with van der Waals surface area (Å²) < 4.78 is 2.16. The van der Waals surface area contributed by atoms with Crippen molar-refractivity contribution in [3.05, 3.63) is 67.0 Å². The third-order valence-corrected chi connectivity index (χ3v) is 5.07. The van der Waals surface area contributed by atoms with E-state index in [1.54, 1.807) is 6.20 Å². The number of anilines is 1. The number of hydrogen-bond acceptors (Lipinski definition) is 5. The number of hydrogen-bond donors (Lipinski definition) is 1. The van der Waals surface area contributed by atoms with Gasteiger partial charge in [0.1, 0.15) is 0 Å². The predicted octanol–water partition coefficient (Wildman–Crippen LogP) is 5.36. The van der Waals surface area contributed by atoms with E-state index in [9.17, 15) is 4.79 Å². The highest BCUT2D eigenvalue weighted by Gasteiger charge is 2.25. The first kappa shape index (κ1) is 17.5. The average Bonchev–Trinajstić information content (AvgIpc) is 3.44. The van der Waals surface area contributed by atoms with Crippen molar-refractivity contribution in [2.24, 2.45) is 10.2 Å². The lowest BCUT2D eigenvalue weighted by molar-refractivity contribution is -0.113. The molecule has 0 unspecified atom stereocenters. The van der Waals surface area contributed by atoms with Gasteiger partial charge in [0.2, 0.25) is 5.91 Å². The topological polar surface area (TPSA) is 71.6 Å². The number of benzene rings is 2. The number of nitrogens with one attached hydrogen (secondary N) is 1. The van der Waals surface area contributed by atoms with Crippen molar-refractivity contribution in [2.45, 2.75) is 24.0 Å². The van der Waals surface area contributed by atoms with Gasteiger partial charge in [-0.05, 0) is 49.2 Å². The summed E-state index contributed by atoms with van der Waals surface area (Å²) in [7, 11) is 0. The van der Waals surface area contributed by atoms with Gasteiger partial charge in [0, 0.05) is 24.1 Å². The van der Waals surface area contributed by atoms with Crippen LogP contribution in [0.1, 0.15) is 18.9 Å². The van der Waals surface area contributed by atoms with Gasteiger partial charge in [-0.2, -0.15) is 10.2 Å². The average molecular weight is 377 g/mol.